The first-order chi connectivity index (χ1) is 40.8. The van der Waals surface area contributed by atoms with Gasteiger partial charge in [-0.25, -0.2) is 0 Å². The Bertz CT molecular complexity index is 2470. The minimum absolute atomic E-state index is 0.00789. The molecule has 85 heavy (non-hydrogen) atoms. The van der Waals surface area contributed by atoms with Crippen molar-refractivity contribution in [2.75, 3.05) is 13.7 Å². The van der Waals surface area contributed by atoms with Crippen LogP contribution in [0, 0.1) is 65.1 Å². The van der Waals surface area contributed by atoms with Crippen LogP contribution in [0.25, 0.3) is 0 Å². The van der Waals surface area contributed by atoms with Crippen LogP contribution in [0.2, 0.25) is 0 Å². The van der Waals surface area contributed by atoms with E-state index in [1.165, 1.54) is 20.0 Å². The van der Waals surface area contributed by atoms with Crippen molar-refractivity contribution in [3.8, 4) is 0 Å². The first-order valence-electron chi connectivity index (χ1n) is 32.2. The molecule has 0 spiro atoms. The molecule has 2 saturated carbocycles. The van der Waals surface area contributed by atoms with E-state index in [-0.39, 0.29) is 157 Å². The number of carbonyl (C=O) groups excluding carboxylic acids is 8. The summed E-state index contributed by atoms with van der Waals surface area (Å²) in [6, 6.07) is 0. The first kappa shape index (κ1) is 62.1. The number of rotatable bonds is 14. The van der Waals surface area contributed by atoms with E-state index in [2.05, 4.69) is 34.6 Å². The molecule has 14 saturated heterocycles. The molecule has 0 amide bonds. The van der Waals surface area contributed by atoms with Crippen LogP contribution in [0.1, 0.15) is 158 Å². The maximum atomic E-state index is 11.9. The number of hydrogen-bond acceptors (Lipinski definition) is 22. The van der Waals surface area contributed by atoms with Gasteiger partial charge in [-0.1, -0.05) is 55.4 Å². The number of fused-ring (bicyclic) bond motifs is 8. The average molecular weight is 1200 g/mol. The second-order valence-electron chi connectivity index (χ2n) is 26.8. The lowest BCUT2D eigenvalue weighted by Gasteiger charge is -2.29. The monoisotopic (exact) mass is 1200 g/mol. The molecule has 28 atom stereocenters. The average Bonchev–Trinajstić information content (AvgIpc) is 1.68. The van der Waals surface area contributed by atoms with E-state index in [1.807, 2.05) is 20.8 Å². The summed E-state index contributed by atoms with van der Waals surface area (Å²) in [6.45, 7) is 17.5. The number of esters is 8. The first-order valence-corrected chi connectivity index (χ1v) is 32.2. The number of hydrogen-bond donors (Lipinski definition) is 0. The van der Waals surface area contributed by atoms with Gasteiger partial charge in [-0.2, -0.15) is 0 Å². The van der Waals surface area contributed by atoms with Gasteiger partial charge in [-0.15, -0.1) is 0 Å². The fraction of sp³-hybridized carbons (Fsp3) is 0.873. The minimum Gasteiger partial charge on any atom is -0.469 e. The zero-order chi connectivity index (χ0) is 60.3. The summed E-state index contributed by atoms with van der Waals surface area (Å²) in [5, 5.41) is 0. The Morgan fingerprint density at radius 3 is 1.49 bits per heavy atom. The highest BCUT2D eigenvalue weighted by molar-refractivity contribution is 5.86. The predicted octanol–water partition coefficient (Wildman–Crippen LogP) is 6.02. The maximum absolute atomic E-state index is 11.9. The summed E-state index contributed by atoms with van der Waals surface area (Å²) in [5.74, 6) is -0.218. The van der Waals surface area contributed by atoms with Crippen LogP contribution < -0.4 is 0 Å². The summed E-state index contributed by atoms with van der Waals surface area (Å²) < 4.78 is 76.0. The molecule has 0 aromatic heterocycles. The molecule has 0 N–H and O–H groups in total. The van der Waals surface area contributed by atoms with Crippen LogP contribution in [0.15, 0.2) is 0 Å². The van der Waals surface area contributed by atoms with Crippen molar-refractivity contribution in [1.29, 1.82) is 0 Å². The van der Waals surface area contributed by atoms with Gasteiger partial charge in [0.15, 0.2) is 18.3 Å². The highest BCUT2D eigenvalue weighted by Crippen LogP contribution is 2.59. The van der Waals surface area contributed by atoms with Gasteiger partial charge < -0.3 is 66.3 Å². The van der Waals surface area contributed by atoms with Gasteiger partial charge in [-0.05, 0) is 94.8 Å². The third kappa shape index (κ3) is 12.0. The molecule has 22 heteroatoms. The van der Waals surface area contributed by atoms with Crippen molar-refractivity contribution in [3.63, 3.8) is 0 Å². The molecule has 0 radical (unpaired) electrons. The topological polar surface area (TPSA) is 266 Å². The number of carbonyl (C=O) groups is 8. The Kier molecular flexibility index (Phi) is 19.0. The Hall–Kier alpha value is -4.48. The van der Waals surface area contributed by atoms with Crippen LogP contribution in [-0.2, 0) is 105 Å². The van der Waals surface area contributed by atoms with Crippen molar-refractivity contribution in [1.82, 2.24) is 0 Å². The summed E-state index contributed by atoms with van der Waals surface area (Å²) >= 11 is 0. The molecule has 16 aliphatic rings. The quantitative estimate of drug-likeness (QED) is 0.142. The minimum atomic E-state index is -0.532. The second-order valence-corrected chi connectivity index (χ2v) is 26.8. The predicted molar refractivity (Wildman–Crippen MR) is 292 cm³/mol. The standard InChI is InChI=1S/C14H18O6.C11H14O5.C10H14O4.C10H14O3.C10H16O3.C8H14O/c1-3-4-8(15)19-11-6-5-7-10(9(6)13(16)18-2)14(17)20-12(7)11;1-2-3-7(12)15-9-6-4-5-8(14-6)10(9)16-11(5)13;1-2-3-12-8-6-4-5-7(13-6)9(8)14-10(5)11;1-4(2)7-6-3-5-8(12-6)9(7)13-10(5)11;1-2-3-10(11)13-9-6-7-4-5-8(9)12-7;1-5-3-8-6(2)4-7(5)9-8/h6-7,9-12H,3-5H2,1-2H3;5-6,8-10H,2-4H2,1H3;5-9H,2-4H2,1H3;4-9H,3H2,1-2H3;7-9H,2-6H2,1H3;5-8H,3-4H2,1-2H3. The van der Waals surface area contributed by atoms with Gasteiger partial charge in [0.25, 0.3) is 0 Å². The van der Waals surface area contributed by atoms with Crippen molar-refractivity contribution >= 4 is 47.8 Å². The van der Waals surface area contributed by atoms with E-state index >= 15 is 0 Å². The molecular formula is C63H90O22. The second kappa shape index (κ2) is 25.9. The van der Waals surface area contributed by atoms with E-state index in [0.717, 1.165) is 69.8 Å². The van der Waals surface area contributed by atoms with Gasteiger partial charge in [0, 0.05) is 50.0 Å². The van der Waals surface area contributed by atoms with E-state index in [0.29, 0.717) is 68.7 Å². The van der Waals surface area contributed by atoms with Gasteiger partial charge in [0.05, 0.1) is 79.4 Å². The molecule has 16 rings (SSSR count). The highest BCUT2D eigenvalue weighted by atomic mass is 16.7. The van der Waals surface area contributed by atoms with Gasteiger partial charge in [0.2, 0.25) is 0 Å². The summed E-state index contributed by atoms with van der Waals surface area (Å²) in [7, 11) is 1.31. The van der Waals surface area contributed by atoms with Gasteiger partial charge >= 0.3 is 47.8 Å². The van der Waals surface area contributed by atoms with Crippen molar-refractivity contribution in [2.24, 2.45) is 65.1 Å². The smallest absolute Gasteiger partial charge is 0.312 e. The molecule has 0 aromatic rings. The zero-order valence-electron chi connectivity index (χ0n) is 50.7. The van der Waals surface area contributed by atoms with E-state index in [1.54, 1.807) is 0 Å². The van der Waals surface area contributed by atoms with E-state index in [4.69, 9.17) is 66.3 Å². The number of ether oxygens (including phenoxy) is 14. The van der Waals surface area contributed by atoms with Crippen LogP contribution in [0.3, 0.4) is 0 Å². The Morgan fingerprint density at radius 1 is 0.482 bits per heavy atom. The van der Waals surface area contributed by atoms with Crippen LogP contribution in [0.4, 0.5) is 0 Å². The Labute approximate surface area is 497 Å². The lowest BCUT2D eigenvalue weighted by molar-refractivity contribution is -0.165. The van der Waals surface area contributed by atoms with Crippen LogP contribution >= 0.6 is 0 Å². The molecule has 474 valence electrons. The highest BCUT2D eigenvalue weighted by Gasteiger charge is 2.71. The third-order valence-electron chi connectivity index (χ3n) is 20.8. The SMILES string of the molecule is CC(C)C1C2CC3C(=O)OC1C3O2.CC1CC2OC1CC2C.CCCC(=O)OC1C2CC3C(=O)OC1C3O2.CCCC(=O)OC1C2CC3C1OC(=O)C3C2C(=O)OC.CCCC(=O)OC1CC2CCC1O2.CCCOC1C2CC3C(=O)OC1C3O2. The van der Waals surface area contributed by atoms with Crippen molar-refractivity contribution < 1.29 is 105 Å². The Balaban J connectivity index is 0.000000108. The zero-order valence-corrected chi connectivity index (χ0v) is 50.7. The largest absolute Gasteiger partial charge is 0.469 e. The summed E-state index contributed by atoms with van der Waals surface area (Å²) in [6.07, 6.45) is 13.6. The molecule has 14 heterocycles. The lowest BCUT2D eigenvalue weighted by Crippen LogP contribution is -2.43. The lowest BCUT2D eigenvalue weighted by atomic mass is 9.77. The van der Waals surface area contributed by atoms with Gasteiger partial charge in [0.1, 0.15) is 48.8 Å². The summed E-state index contributed by atoms with van der Waals surface area (Å²) in [5.41, 5.74) is 0. The van der Waals surface area contributed by atoms with Crippen molar-refractivity contribution in [3.05, 3.63) is 0 Å². The van der Waals surface area contributed by atoms with E-state index < -0.39 is 23.9 Å². The van der Waals surface area contributed by atoms with Gasteiger partial charge in [-0.3, -0.25) is 38.4 Å². The normalized spacial score (nSPS) is 45.3. The molecule has 28 unspecified atom stereocenters. The molecule has 0 aromatic carbocycles. The van der Waals surface area contributed by atoms with E-state index in [9.17, 15) is 38.4 Å². The Morgan fingerprint density at radius 2 is 0.988 bits per heavy atom. The number of methoxy groups -OCH3 is 1. The molecule has 2 aliphatic carbocycles. The summed E-state index contributed by atoms with van der Waals surface area (Å²) in [4.78, 5) is 92.3. The molecular weight excluding hydrogens is 1110 g/mol. The molecule has 16 fully saturated rings. The third-order valence-corrected chi connectivity index (χ3v) is 20.8. The van der Waals surface area contributed by atoms with Crippen LogP contribution in [0.5, 0.6) is 0 Å². The maximum Gasteiger partial charge on any atom is 0.312 e. The molecule has 14 aliphatic heterocycles. The molecule has 12 bridgehead atoms. The fourth-order valence-corrected chi connectivity index (χ4v) is 16.9. The van der Waals surface area contributed by atoms with Crippen molar-refractivity contribution in [2.45, 2.75) is 268 Å². The van der Waals surface area contributed by atoms with Crippen LogP contribution in [-0.4, -0.2) is 171 Å². The fourth-order valence-electron chi connectivity index (χ4n) is 16.9. The molecule has 22 nitrogen and oxygen atoms in total.